The zero-order valence-corrected chi connectivity index (χ0v) is 8.93. The van der Waals surface area contributed by atoms with Gasteiger partial charge >= 0.3 is 5.97 Å². The van der Waals surface area contributed by atoms with Crippen LogP contribution in [0.15, 0.2) is 12.1 Å². The predicted molar refractivity (Wildman–Crippen MR) is 54.5 cm³/mol. The molecule has 5 heteroatoms. The second kappa shape index (κ2) is 3.68. The molecule has 86 valence electrons. The molecule has 0 aromatic heterocycles. The first-order chi connectivity index (χ1) is 7.54. The zero-order chi connectivity index (χ0) is 11.9. The minimum absolute atomic E-state index is 0.00593. The Morgan fingerprint density at radius 1 is 1.44 bits per heavy atom. The number of aliphatic hydroxyl groups excluding tert-OH is 1. The van der Waals surface area contributed by atoms with E-state index in [1.807, 2.05) is 0 Å². The molecule has 5 nitrogen and oxygen atoms in total. The van der Waals surface area contributed by atoms with Crippen molar-refractivity contribution < 1.29 is 24.5 Å². The molecule has 1 aromatic rings. The molecule has 1 aliphatic rings. The lowest BCUT2D eigenvalue weighted by Crippen LogP contribution is -2.29. The van der Waals surface area contributed by atoms with E-state index in [1.54, 1.807) is 6.92 Å². The van der Waals surface area contributed by atoms with Crippen LogP contribution in [-0.2, 0) is 4.74 Å². The molecule has 0 aliphatic carbocycles. The summed E-state index contributed by atoms with van der Waals surface area (Å²) in [5.74, 6) is -0.490. The Hall–Kier alpha value is -1.75. The van der Waals surface area contributed by atoms with E-state index in [2.05, 4.69) is 0 Å². The Morgan fingerprint density at radius 2 is 2.12 bits per heavy atom. The fourth-order valence-electron chi connectivity index (χ4n) is 1.74. The van der Waals surface area contributed by atoms with E-state index in [4.69, 9.17) is 9.47 Å². The number of aromatic hydroxyl groups is 1. The average molecular weight is 224 g/mol. The lowest BCUT2D eigenvalue weighted by molar-refractivity contribution is -0.0217. The van der Waals surface area contributed by atoms with Crippen molar-refractivity contribution in [2.75, 3.05) is 7.11 Å². The van der Waals surface area contributed by atoms with E-state index in [0.29, 0.717) is 11.3 Å². The molecular weight excluding hydrogens is 212 g/mol. The molecule has 2 rings (SSSR count). The summed E-state index contributed by atoms with van der Waals surface area (Å²) in [5.41, 5.74) is 0.340. The number of aliphatic hydroxyl groups is 1. The minimum atomic E-state index is -0.950. The van der Waals surface area contributed by atoms with E-state index >= 15 is 0 Å². The lowest BCUT2D eigenvalue weighted by Gasteiger charge is -2.27. The van der Waals surface area contributed by atoms with Gasteiger partial charge in [-0.1, -0.05) is 0 Å². The molecule has 0 saturated heterocycles. The van der Waals surface area contributed by atoms with Gasteiger partial charge in [0.05, 0.1) is 7.11 Å². The second-order valence-electron chi connectivity index (χ2n) is 3.67. The van der Waals surface area contributed by atoms with Gasteiger partial charge in [-0.05, 0) is 13.0 Å². The minimum Gasteiger partial charge on any atom is -0.507 e. The SMILES string of the molecule is COc1cc(O)c2c(c1)[C@H](O)[C@H](C)OC2=O. The molecule has 1 heterocycles. The maximum atomic E-state index is 11.5. The molecule has 0 spiro atoms. The zero-order valence-electron chi connectivity index (χ0n) is 8.93. The Morgan fingerprint density at radius 3 is 2.75 bits per heavy atom. The van der Waals surface area contributed by atoms with Crippen molar-refractivity contribution in [2.24, 2.45) is 0 Å². The number of carbonyl (C=O) groups excluding carboxylic acids is 1. The maximum absolute atomic E-state index is 11.5. The number of cyclic esters (lactones) is 1. The molecule has 0 radical (unpaired) electrons. The third-order valence-electron chi connectivity index (χ3n) is 2.62. The molecule has 1 aromatic carbocycles. The molecule has 16 heavy (non-hydrogen) atoms. The molecule has 1 aliphatic heterocycles. The van der Waals surface area contributed by atoms with Crippen LogP contribution in [0.4, 0.5) is 0 Å². The lowest BCUT2D eigenvalue weighted by atomic mass is 9.95. The Bertz CT molecular complexity index is 440. The first-order valence-electron chi connectivity index (χ1n) is 4.84. The van der Waals surface area contributed by atoms with Gasteiger partial charge in [-0.3, -0.25) is 0 Å². The van der Waals surface area contributed by atoms with Crippen molar-refractivity contribution in [1.82, 2.24) is 0 Å². The van der Waals surface area contributed by atoms with Gasteiger partial charge in [0.1, 0.15) is 29.3 Å². The largest absolute Gasteiger partial charge is 0.507 e. The van der Waals surface area contributed by atoms with Crippen LogP contribution in [0.2, 0.25) is 0 Å². The van der Waals surface area contributed by atoms with Crippen molar-refractivity contribution in [1.29, 1.82) is 0 Å². The third-order valence-corrected chi connectivity index (χ3v) is 2.62. The maximum Gasteiger partial charge on any atom is 0.342 e. The fourth-order valence-corrected chi connectivity index (χ4v) is 1.74. The van der Waals surface area contributed by atoms with Gasteiger partial charge in [0, 0.05) is 11.6 Å². The van der Waals surface area contributed by atoms with Gasteiger partial charge in [0.15, 0.2) is 0 Å². The smallest absolute Gasteiger partial charge is 0.342 e. The number of ether oxygens (including phenoxy) is 2. The van der Waals surface area contributed by atoms with Crippen LogP contribution in [0.1, 0.15) is 28.9 Å². The second-order valence-corrected chi connectivity index (χ2v) is 3.67. The molecule has 0 saturated carbocycles. The number of phenols is 1. The number of carbonyl (C=O) groups is 1. The number of fused-ring (bicyclic) bond motifs is 1. The van der Waals surface area contributed by atoms with Crippen LogP contribution in [0.5, 0.6) is 11.5 Å². The topological polar surface area (TPSA) is 76.0 Å². The summed E-state index contributed by atoms with van der Waals surface area (Å²) < 4.78 is 9.85. The van der Waals surface area contributed by atoms with E-state index < -0.39 is 18.2 Å². The fraction of sp³-hybridized carbons (Fsp3) is 0.364. The number of hydrogen-bond donors (Lipinski definition) is 2. The summed E-state index contributed by atoms with van der Waals surface area (Å²) in [4.78, 5) is 11.5. The summed E-state index contributed by atoms with van der Waals surface area (Å²) in [6, 6.07) is 2.83. The highest BCUT2D eigenvalue weighted by Gasteiger charge is 2.34. The van der Waals surface area contributed by atoms with Crippen molar-refractivity contribution in [3.05, 3.63) is 23.3 Å². The Labute approximate surface area is 92.2 Å². The van der Waals surface area contributed by atoms with E-state index in [0.717, 1.165) is 0 Å². The standard InChI is InChI=1S/C11H12O5/c1-5-10(13)7-3-6(15-2)4-8(12)9(7)11(14)16-5/h3-5,10,12-13H,1-2H3/t5-,10+/m0/s1. The van der Waals surface area contributed by atoms with E-state index in [-0.39, 0.29) is 11.3 Å². The van der Waals surface area contributed by atoms with Crippen molar-refractivity contribution in [2.45, 2.75) is 19.1 Å². The quantitative estimate of drug-likeness (QED) is 0.696. The monoisotopic (exact) mass is 224 g/mol. The van der Waals surface area contributed by atoms with Crippen LogP contribution in [0, 0.1) is 0 Å². The molecule has 0 unspecified atom stereocenters. The number of benzene rings is 1. The Kier molecular flexibility index (Phi) is 2.47. The molecule has 0 fully saturated rings. The van der Waals surface area contributed by atoms with Gasteiger partial charge < -0.3 is 19.7 Å². The van der Waals surface area contributed by atoms with Gasteiger partial charge in [0.25, 0.3) is 0 Å². The van der Waals surface area contributed by atoms with Crippen molar-refractivity contribution in [3.8, 4) is 11.5 Å². The number of rotatable bonds is 1. The highest BCUT2D eigenvalue weighted by molar-refractivity contribution is 5.95. The molecular formula is C11H12O5. The van der Waals surface area contributed by atoms with Crippen LogP contribution in [0.25, 0.3) is 0 Å². The first kappa shape index (κ1) is 10.8. The van der Waals surface area contributed by atoms with E-state index in [9.17, 15) is 15.0 Å². The van der Waals surface area contributed by atoms with Gasteiger partial charge in [0.2, 0.25) is 0 Å². The normalized spacial score (nSPS) is 23.6. The highest BCUT2D eigenvalue weighted by atomic mass is 16.6. The van der Waals surface area contributed by atoms with Crippen LogP contribution in [0.3, 0.4) is 0 Å². The highest BCUT2D eigenvalue weighted by Crippen LogP contribution is 2.37. The van der Waals surface area contributed by atoms with Crippen LogP contribution >= 0.6 is 0 Å². The number of esters is 1. The molecule has 0 amide bonds. The van der Waals surface area contributed by atoms with Crippen LogP contribution < -0.4 is 4.74 Å². The Balaban J connectivity index is 2.62. The van der Waals surface area contributed by atoms with Gasteiger partial charge in [-0.25, -0.2) is 4.79 Å². The third kappa shape index (κ3) is 1.49. The van der Waals surface area contributed by atoms with Crippen molar-refractivity contribution in [3.63, 3.8) is 0 Å². The summed E-state index contributed by atoms with van der Waals surface area (Å²) in [5, 5.41) is 19.5. The summed E-state index contributed by atoms with van der Waals surface area (Å²) in [6.07, 6.45) is -1.58. The first-order valence-corrected chi connectivity index (χ1v) is 4.84. The van der Waals surface area contributed by atoms with Gasteiger partial charge in [-0.15, -0.1) is 0 Å². The van der Waals surface area contributed by atoms with E-state index in [1.165, 1.54) is 19.2 Å². The average Bonchev–Trinajstić information content (AvgIpc) is 2.24. The summed E-state index contributed by atoms with van der Waals surface area (Å²) in [6.45, 7) is 1.59. The summed E-state index contributed by atoms with van der Waals surface area (Å²) >= 11 is 0. The van der Waals surface area contributed by atoms with Crippen LogP contribution in [-0.4, -0.2) is 29.4 Å². The molecule has 2 atom stereocenters. The van der Waals surface area contributed by atoms with Gasteiger partial charge in [-0.2, -0.15) is 0 Å². The number of hydrogen-bond acceptors (Lipinski definition) is 5. The number of methoxy groups -OCH3 is 1. The van der Waals surface area contributed by atoms with Crippen molar-refractivity contribution >= 4 is 5.97 Å². The molecule has 2 N–H and O–H groups in total. The molecule has 0 bridgehead atoms. The predicted octanol–water partition coefficient (Wildman–Crippen LogP) is 0.993. The number of phenolic OH excluding ortho intramolecular Hbond substituents is 1. The summed E-state index contributed by atoms with van der Waals surface area (Å²) in [7, 11) is 1.44.